The second kappa shape index (κ2) is 5.96. The standard InChI is InChI=1S/C13H10F3N3O3/c1-2-22-12(21)9-11(20)17-10(19-18-9)7-4-3-5-8(6-7)13(14,15)16/h3-6H,2H2,1H3,(H,17,19,20). The molecule has 1 heterocycles. The molecule has 0 fully saturated rings. The average molecular weight is 313 g/mol. The molecule has 0 amide bonds. The maximum absolute atomic E-state index is 12.6. The lowest BCUT2D eigenvalue weighted by atomic mass is 10.1. The van der Waals surface area contributed by atoms with Crippen LogP contribution in [0.2, 0.25) is 0 Å². The van der Waals surface area contributed by atoms with E-state index in [2.05, 4.69) is 19.9 Å². The maximum Gasteiger partial charge on any atom is 0.416 e. The zero-order chi connectivity index (χ0) is 16.3. The lowest BCUT2D eigenvalue weighted by molar-refractivity contribution is -0.137. The van der Waals surface area contributed by atoms with Crippen LogP contribution >= 0.6 is 0 Å². The van der Waals surface area contributed by atoms with Crippen LogP contribution in [-0.2, 0) is 10.9 Å². The van der Waals surface area contributed by atoms with Gasteiger partial charge in [0, 0.05) is 5.56 Å². The van der Waals surface area contributed by atoms with Crippen molar-refractivity contribution in [2.24, 2.45) is 0 Å². The SMILES string of the molecule is CCOC(=O)c1nnc(-c2cccc(C(F)(F)F)c2)[nH]c1=O. The molecule has 0 bridgehead atoms. The molecule has 1 aromatic carbocycles. The van der Waals surface area contributed by atoms with Crippen LogP contribution in [0.1, 0.15) is 23.0 Å². The van der Waals surface area contributed by atoms with E-state index in [0.29, 0.717) is 0 Å². The summed E-state index contributed by atoms with van der Waals surface area (Å²) in [6.07, 6.45) is -4.52. The Morgan fingerprint density at radius 2 is 2.05 bits per heavy atom. The van der Waals surface area contributed by atoms with Crippen LogP contribution in [0.15, 0.2) is 29.1 Å². The van der Waals surface area contributed by atoms with Crippen LogP contribution < -0.4 is 5.56 Å². The minimum absolute atomic E-state index is 0.0230. The molecule has 6 nitrogen and oxygen atoms in total. The van der Waals surface area contributed by atoms with Crippen molar-refractivity contribution in [2.75, 3.05) is 6.61 Å². The molecule has 1 N–H and O–H groups in total. The Kier molecular flexibility index (Phi) is 4.25. The number of esters is 1. The van der Waals surface area contributed by atoms with Gasteiger partial charge in [-0.2, -0.15) is 13.2 Å². The Bertz CT molecular complexity index is 756. The number of aromatic amines is 1. The molecule has 0 spiro atoms. The maximum atomic E-state index is 12.6. The van der Waals surface area contributed by atoms with Gasteiger partial charge in [0.2, 0.25) is 5.69 Å². The Morgan fingerprint density at radius 3 is 2.64 bits per heavy atom. The Hall–Kier alpha value is -2.71. The summed E-state index contributed by atoms with van der Waals surface area (Å²) >= 11 is 0. The molecule has 0 saturated carbocycles. The fourth-order valence-corrected chi connectivity index (χ4v) is 1.64. The number of H-pyrrole nitrogens is 1. The molecule has 0 radical (unpaired) electrons. The van der Waals surface area contributed by atoms with E-state index in [4.69, 9.17) is 0 Å². The van der Waals surface area contributed by atoms with Crippen LogP contribution in [0, 0.1) is 0 Å². The fourth-order valence-electron chi connectivity index (χ4n) is 1.64. The lowest BCUT2D eigenvalue weighted by Gasteiger charge is -2.08. The quantitative estimate of drug-likeness (QED) is 0.876. The molecule has 1 aromatic heterocycles. The van der Waals surface area contributed by atoms with Gasteiger partial charge in [0.25, 0.3) is 5.56 Å². The van der Waals surface area contributed by atoms with Crippen molar-refractivity contribution in [3.05, 3.63) is 45.9 Å². The number of ether oxygens (including phenoxy) is 1. The van der Waals surface area contributed by atoms with Crippen LogP contribution in [0.3, 0.4) is 0 Å². The largest absolute Gasteiger partial charge is 0.461 e. The van der Waals surface area contributed by atoms with Gasteiger partial charge in [-0.15, -0.1) is 10.2 Å². The molecule has 0 atom stereocenters. The van der Waals surface area contributed by atoms with Crippen molar-refractivity contribution >= 4 is 5.97 Å². The molecule has 116 valence electrons. The van der Waals surface area contributed by atoms with Gasteiger partial charge in [0.15, 0.2) is 5.82 Å². The number of hydrogen-bond donors (Lipinski definition) is 1. The summed E-state index contributed by atoms with van der Waals surface area (Å²) in [5, 5.41) is 6.98. The monoisotopic (exact) mass is 313 g/mol. The third-order valence-corrected chi connectivity index (χ3v) is 2.63. The van der Waals surface area contributed by atoms with E-state index in [1.807, 2.05) is 0 Å². The summed E-state index contributed by atoms with van der Waals surface area (Å²) in [6.45, 7) is 1.60. The number of rotatable bonds is 3. The van der Waals surface area contributed by atoms with Gasteiger partial charge in [0.05, 0.1) is 12.2 Å². The van der Waals surface area contributed by atoms with E-state index in [1.165, 1.54) is 12.1 Å². The van der Waals surface area contributed by atoms with Gasteiger partial charge in [0.1, 0.15) is 0 Å². The van der Waals surface area contributed by atoms with Gasteiger partial charge in [-0.3, -0.25) is 4.79 Å². The number of nitrogens with one attached hydrogen (secondary N) is 1. The number of alkyl halides is 3. The van der Waals surface area contributed by atoms with E-state index in [-0.39, 0.29) is 18.0 Å². The van der Waals surface area contributed by atoms with Gasteiger partial charge in [-0.05, 0) is 19.1 Å². The number of carbonyl (C=O) groups is 1. The highest BCUT2D eigenvalue weighted by Gasteiger charge is 2.30. The van der Waals surface area contributed by atoms with Crippen molar-refractivity contribution < 1.29 is 22.7 Å². The molecule has 9 heteroatoms. The Labute approximate surface area is 122 Å². The molecule has 0 aliphatic rings. The molecule has 22 heavy (non-hydrogen) atoms. The minimum Gasteiger partial charge on any atom is -0.461 e. The van der Waals surface area contributed by atoms with Crippen molar-refractivity contribution in [3.63, 3.8) is 0 Å². The fraction of sp³-hybridized carbons (Fsp3) is 0.231. The van der Waals surface area contributed by atoms with Crippen LogP contribution in [0.25, 0.3) is 11.4 Å². The molecule has 2 rings (SSSR count). The third-order valence-electron chi connectivity index (χ3n) is 2.63. The predicted octanol–water partition coefficient (Wildman–Crippen LogP) is 2.03. The number of halogens is 3. The van der Waals surface area contributed by atoms with Crippen LogP contribution in [0.5, 0.6) is 0 Å². The summed E-state index contributed by atoms with van der Waals surface area (Å²) in [6, 6.07) is 4.22. The van der Waals surface area contributed by atoms with E-state index < -0.39 is 29.0 Å². The number of aromatic nitrogens is 3. The first kappa shape index (κ1) is 15.7. The second-order valence-electron chi connectivity index (χ2n) is 4.15. The Balaban J connectivity index is 2.41. The van der Waals surface area contributed by atoms with Crippen molar-refractivity contribution in [1.29, 1.82) is 0 Å². The third kappa shape index (κ3) is 3.30. The number of nitrogens with zero attached hydrogens (tertiary/aromatic N) is 2. The highest BCUT2D eigenvalue weighted by molar-refractivity contribution is 5.86. The topological polar surface area (TPSA) is 84.9 Å². The predicted molar refractivity (Wildman–Crippen MR) is 69.0 cm³/mol. The average Bonchev–Trinajstić information content (AvgIpc) is 2.46. The molecular formula is C13H10F3N3O3. The highest BCUT2D eigenvalue weighted by atomic mass is 19.4. The van der Waals surface area contributed by atoms with Gasteiger partial charge in [-0.25, -0.2) is 4.79 Å². The van der Waals surface area contributed by atoms with Crippen LogP contribution in [0.4, 0.5) is 13.2 Å². The van der Waals surface area contributed by atoms with E-state index in [0.717, 1.165) is 12.1 Å². The van der Waals surface area contributed by atoms with Crippen molar-refractivity contribution in [3.8, 4) is 11.4 Å². The molecule has 0 unspecified atom stereocenters. The lowest BCUT2D eigenvalue weighted by Crippen LogP contribution is -2.23. The van der Waals surface area contributed by atoms with Gasteiger partial charge >= 0.3 is 12.1 Å². The number of carbonyl (C=O) groups excluding carboxylic acids is 1. The summed E-state index contributed by atoms with van der Waals surface area (Å²) < 4.78 is 42.6. The van der Waals surface area contributed by atoms with Gasteiger partial charge in [-0.1, -0.05) is 12.1 Å². The Morgan fingerprint density at radius 1 is 1.32 bits per heavy atom. The molecule has 2 aromatic rings. The summed E-state index contributed by atoms with van der Waals surface area (Å²) in [7, 11) is 0. The van der Waals surface area contributed by atoms with E-state index in [9.17, 15) is 22.8 Å². The minimum atomic E-state index is -4.52. The number of hydrogen-bond acceptors (Lipinski definition) is 5. The first-order valence-electron chi connectivity index (χ1n) is 6.14. The normalized spacial score (nSPS) is 11.3. The summed E-state index contributed by atoms with van der Waals surface area (Å²) in [5.74, 6) is -1.13. The van der Waals surface area contributed by atoms with Crippen molar-refractivity contribution in [2.45, 2.75) is 13.1 Å². The van der Waals surface area contributed by atoms with E-state index in [1.54, 1.807) is 6.92 Å². The zero-order valence-corrected chi connectivity index (χ0v) is 11.3. The first-order valence-corrected chi connectivity index (χ1v) is 6.14. The number of benzene rings is 1. The molecule has 0 saturated heterocycles. The smallest absolute Gasteiger partial charge is 0.416 e. The van der Waals surface area contributed by atoms with Gasteiger partial charge < -0.3 is 9.72 Å². The van der Waals surface area contributed by atoms with Crippen molar-refractivity contribution in [1.82, 2.24) is 15.2 Å². The summed E-state index contributed by atoms with van der Waals surface area (Å²) in [5.41, 5.74) is -2.31. The summed E-state index contributed by atoms with van der Waals surface area (Å²) in [4.78, 5) is 25.3. The second-order valence-corrected chi connectivity index (χ2v) is 4.15. The molecule has 0 aliphatic heterocycles. The highest BCUT2D eigenvalue weighted by Crippen LogP contribution is 2.31. The zero-order valence-electron chi connectivity index (χ0n) is 11.3. The van der Waals surface area contributed by atoms with E-state index >= 15 is 0 Å². The molecular weight excluding hydrogens is 303 g/mol. The van der Waals surface area contributed by atoms with Crippen LogP contribution in [-0.4, -0.2) is 27.8 Å². The first-order chi connectivity index (χ1) is 10.3. The molecule has 0 aliphatic carbocycles.